The van der Waals surface area contributed by atoms with Crippen LogP contribution in [0.4, 0.5) is 0 Å². The molecule has 4 nitrogen and oxygen atoms in total. The minimum Gasteiger partial charge on any atom is -0.380 e. The molecule has 1 aromatic carbocycles. The molecule has 0 unspecified atom stereocenters. The predicted octanol–water partition coefficient (Wildman–Crippen LogP) is 2.43. The maximum absolute atomic E-state index is 6.11. The first-order valence-electron chi connectivity index (χ1n) is 6.13. The third-order valence-corrected chi connectivity index (χ3v) is 3.04. The smallest absolute Gasteiger partial charge is 0.0994 e. The Bertz CT molecular complexity index is 507. The van der Waals surface area contributed by atoms with E-state index in [0.717, 1.165) is 23.4 Å². The summed E-state index contributed by atoms with van der Waals surface area (Å²) in [6.45, 7) is 2.65. The Balaban J connectivity index is 2.45. The molecule has 0 aliphatic heterocycles. The summed E-state index contributed by atoms with van der Waals surface area (Å²) in [4.78, 5) is 4.21. The lowest BCUT2D eigenvalue weighted by Crippen LogP contribution is -2.14. The van der Waals surface area contributed by atoms with Crippen LogP contribution in [0.2, 0.25) is 0 Å². The lowest BCUT2D eigenvalue weighted by Gasteiger charge is -2.15. The molecular weight excluding hydrogens is 226 g/mol. The second-order valence-electron chi connectivity index (χ2n) is 4.26. The van der Waals surface area contributed by atoms with Gasteiger partial charge >= 0.3 is 0 Å². The predicted molar refractivity (Wildman–Crippen MR) is 71.5 cm³/mol. The molecule has 0 amide bonds. The third kappa shape index (κ3) is 2.44. The van der Waals surface area contributed by atoms with Crippen LogP contribution in [0.5, 0.6) is 0 Å². The van der Waals surface area contributed by atoms with Crippen molar-refractivity contribution in [2.45, 2.75) is 26.0 Å². The van der Waals surface area contributed by atoms with Crippen molar-refractivity contribution in [3.8, 4) is 5.69 Å². The fourth-order valence-electron chi connectivity index (χ4n) is 2.01. The highest BCUT2D eigenvalue weighted by atomic mass is 16.5. The summed E-state index contributed by atoms with van der Waals surface area (Å²) in [6.07, 6.45) is 4.52. The lowest BCUT2D eigenvalue weighted by molar-refractivity contribution is 0.184. The van der Waals surface area contributed by atoms with Crippen LogP contribution in [0.3, 0.4) is 0 Å². The molecule has 96 valence electrons. The van der Waals surface area contributed by atoms with Crippen molar-refractivity contribution in [2.24, 2.45) is 5.73 Å². The molecular formula is C14H19N3O. The van der Waals surface area contributed by atoms with Gasteiger partial charge in [-0.05, 0) is 12.5 Å². The van der Waals surface area contributed by atoms with Gasteiger partial charge in [0.25, 0.3) is 0 Å². The lowest BCUT2D eigenvalue weighted by atomic mass is 10.1. The van der Waals surface area contributed by atoms with Crippen LogP contribution in [0.25, 0.3) is 5.69 Å². The fraction of sp³-hybridized carbons (Fsp3) is 0.357. The van der Waals surface area contributed by atoms with Gasteiger partial charge in [0.05, 0.1) is 30.5 Å². The van der Waals surface area contributed by atoms with Crippen molar-refractivity contribution in [3.05, 3.63) is 48.0 Å². The van der Waals surface area contributed by atoms with E-state index in [1.807, 2.05) is 22.9 Å². The van der Waals surface area contributed by atoms with Gasteiger partial charge in [-0.2, -0.15) is 0 Å². The number of imidazole rings is 1. The highest BCUT2D eigenvalue weighted by Crippen LogP contribution is 2.21. The van der Waals surface area contributed by atoms with Gasteiger partial charge in [-0.15, -0.1) is 0 Å². The number of benzene rings is 1. The molecule has 0 aliphatic carbocycles. The number of ether oxygens (including phenoxy) is 1. The van der Waals surface area contributed by atoms with Crippen LogP contribution in [0.1, 0.15) is 30.6 Å². The van der Waals surface area contributed by atoms with E-state index in [9.17, 15) is 0 Å². The van der Waals surface area contributed by atoms with Crippen LogP contribution in [0, 0.1) is 0 Å². The molecule has 2 rings (SSSR count). The molecule has 0 radical (unpaired) electrons. The van der Waals surface area contributed by atoms with Gasteiger partial charge in [-0.1, -0.05) is 25.1 Å². The van der Waals surface area contributed by atoms with Gasteiger partial charge in [0.1, 0.15) is 0 Å². The van der Waals surface area contributed by atoms with E-state index in [1.54, 1.807) is 13.4 Å². The monoisotopic (exact) mass is 245 g/mol. The number of para-hydroxylation sites is 1. The van der Waals surface area contributed by atoms with Crippen molar-refractivity contribution < 1.29 is 4.74 Å². The first-order chi connectivity index (χ1) is 8.77. The van der Waals surface area contributed by atoms with Crippen molar-refractivity contribution in [1.82, 2.24) is 9.55 Å². The molecule has 1 aromatic heterocycles. The van der Waals surface area contributed by atoms with Gasteiger partial charge in [-0.3, -0.25) is 0 Å². The number of hydrogen-bond acceptors (Lipinski definition) is 3. The number of hydrogen-bond donors (Lipinski definition) is 1. The first kappa shape index (κ1) is 12.8. The molecule has 0 spiro atoms. The molecule has 1 heterocycles. The van der Waals surface area contributed by atoms with E-state index in [2.05, 4.69) is 24.0 Å². The zero-order valence-corrected chi connectivity index (χ0v) is 10.8. The minimum atomic E-state index is 0.00287. The summed E-state index contributed by atoms with van der Waals surface area (Å²) >= 11 is 0. The Morgan fingerprint density at radius 1 is 1.39 bits per heavy atom. The Hall–Kier alpha value is -1.65. The molecule has 4 heteroatoms. The van der Waals surface area contributed by atoms with Gasteiger partial charge in [0, 0.05) is 18.7 Å². The average molecular weight is 245 g/mol. The van der Waals surface area contributed by atoms with Gasteiger partial charge in [-0.25, -0.2) is 4.98 Å². The maximum Gasteiger partial charge on any atom is 0.0994 e. The zero-order chi connectivity index (χ0) is 13.0. The topological polar surface area (TPSA) is 53.1 Å². The van der Waals surface area contributed by atoms with Crippen LogP contribution < -0.4 is 5.73 Å². The number of nitrogens with zero attached hydrogens (tertiary/aromatic N) is 2. The maximum atomic E-state index is 6.11. The molecule has 0 bridgehead atoms. The second kappa shape index (κ2) is 5.80. The highest BCUT2D eigenvalue weighted by molar-refractivity contribution is 5.42. The molecule has 0 fully saturated rings. The normalized spacial score (nSPS) is 12.6. The SMILES string of the molecule is CC[C@@H](N)c1cncn1-c1ccccc1COC. The molecule has 2 aromatic rings. The number of methoxy groups -OCH3 is 1. The summed E-state index contributed by atoms with van der Waals surface area (Å²) in [5.74, 6) is 0. The fourth-order valence-corrected chi connectivity index (χ4v) is 2.01. The molecule has 1 atom stereocenters. The van der Waals surface area contributed by atoms with Gasteiger partial charge < -0.3 is 15.0 Å². The standard InChI is InChI=1S/C14H19N3O/c1-3-12(15)14-8-16-10-17(14)13-7-5-4-6-11(13)9-18-2/h4-8,10,12H,3,9,15H2,1-2H3/t12-/m1/s1. The van der Waals surface area contributed by atoms with E-state index < -0.39 is 0 Å². The summed E-state index contributed by atoms with van der Waals surface area (Å²) in [7, 11) is 1.70. The van der Waals surface area contributed by atoms with E-state index in [1.165, 1.54) is 0 Å². The zero-order valence-electron chi connectivity index (χ0n) is 10.8. The van der Waals surface area contributed by atoms with E-state index >= 15 is 0 Å². The number of aromatic nitrogens is 2. The molecule has 0 saturated heterocycles. The minimum absolute atomic E-state index is 0.00287. The number of nitrogens with two attached hydrogens (primary N) is 1. The van der Waals surface area contributed by atoms with Crippen LogP contribution in [-0.4, -0.2) is 16.7 Å². The Morgan fingerprint density at radius 3 is 2.89 bits per heavy atom. The van der Waals surface area contributed by atoms with E-state index in [-0.39, 0.29) is 6.04 Å². The van der Waals surface area contributed by atoms with Crippen LogP contribution in [0.15, 0.2) is 36.8 Å². The van der Waals surface area contributed by atoms with Gasteiger partial charge in [0.2, 0.25) is 0 Å². The summed E-state index contributed by atoms with van der Waals surface area (Å²) < 4.78 is 7.27. The Labute approximate surface area is 107 Å². The molecule has 0 aliphatic rings. The van der Waals surface area contributed by atoms with Crippen molar-refractivity contribution in [2.75, 3.05) is 7.11 Å². The summed E-state index contributed by atoms with van der Waals surface area (Å²) in [6, 6.07) is 8.13. The second-order valence-corrected chi connectivity index (χ2v) is 4.26. The first-order valence-corrected chi connectivity index (χ1v) is 6.13. The Kier molecular flexibility index (Phi) is 4.12. The van der Waals surface area contributed by atoms with Crippen LogP contribution in [-0.2, 0) is 11.3 Å². The van der Waals surface area contributed by atoms with Crippen molar-refractivity contribution >= 4 is 0 Å². The van der Waals surface area contributed by atoms with Crippen LogP contribution >= 0.6 is 0 Å². The summed E-state index contributed by atoms with van der Waals surface area (Å²) in [5, 5.41) is 0. The summed E-state index contributed by atoms with van der Waals surface area (Å²) in [5.41, 5.74) is 9.34. The molecule has 0 saturated carbocycles. The highest BCUT2D eigenvalue weighted by Gasteiger charge is 2.12. The third-order valence-electron chi connectivity index (χ3n) is 3.04. The van der Waals surface area contributed by atoms with Crippen molar-refractivity contribution in [3.63, 3.8) is 0 Å². The largest absolute Gasteiger partial charge is 0.380 e. The Morgan fingerprint density at radius 2 is 2.17 bits per heavy atom. The van der Waals surface area contributed by atoms with E-state index in [4.69, 9.17) is 10.5 Å². The van der Waals surface area contributed by atoms with Gasteiger partial charge in [0.15, 0.2) is 0 Å². The average Bonchev–Trinajstić information content (AvgIpc) is 2.88. The molecule has 18 heavy (non-hydrogen) atoms. The van der Waals surface area contributed by atoms with Crippen molar-refractivity contribution in [1.29, 1.82) is 0 Å². The quantitative estimate of drug-likeness (QED) is 0.880. The molecule has 2 N–H and O–H groups in total. The van der Waals surface area contributed by atoms with E-state index in [0.29, 0.717) is 6.61 Å². The number of rotatable bonds is 5.